The molecule has 20 nitrogen and oxygen atoms in total. The van der Waals surface area contributed by atoms with E-state index in [9.17, 15) is 39.3 Å². The van der Waals surface area contributed by atoms with Gasteiger partial charge in [0, 0.05) is 43.8 Å². The third-order valence-electron chi connectivity index (χ3n) is 11.6. The first kappa shape index (κ1) is 52.5. The average Bonchev–Trinajstić information content (AvgIpc) is 3.30. The number of pyridine rings is 1. The zero-order valence-corrected chi connectivity index (χ0v) is 39.9. The fraction of sp³-hybridized carbons (Fsp3) is 0.408. The number of hydrogen-bond donors (Lipinski definition) is 7. The molecule has 0 saturated heterocycles. The van der Waals surface area contributed by atoms with Crippen LogP contribution in [0.4, 0.5) is 5.69 Å². The maximum atomic E-state index is 14.8. The molecule has 4 bridgehead atoms. The van der Waals surface area contributed by atoms with E-state index in [1.54, 1.807) is 62.4 Å². The summed E-state index contributed by atoms with van der Waals surface area (Å²) in [6.07, 6.45) is -0.0765. The van der Waals surface area contributed by atoms with Crippen molar-refractivity contribution in [3.05, 3.63) is 104 Å². The maximum absolute atomic E-state index is 14.8. The number of benzene rings is 3. The van der Waals surface area contributed by atoms with Gasteiger partial charge in [-0.25, -0.2) is 0 Å². The SMILES string of the molecule is Cc1cc(-c2ccc(C(C)(C)C)cc2[N+](=O)[O-])nc(C)c1C(=O)N[C@@H](CCN)C(=O)N(C)[C@@H]1C(=O)N[C@@H](C)C(=O)N[C@H](C(=O)NCC#N)Cc2ccc(OCCN)c(c2)-c2cc1ccc2OCCN. The van der Waals surface area contributed by atoms with Crippen LogP contribution in [0.5, 0.6) is 11.5 Å². The summed E-state index contributed by atoms with van der Waals surface area (Å²) in [7, 11) is 1.38. The van der Waals surface area contributed by atoms with Crippen molar-refractivity contribution in [2.24, 2.45) is 17.2 Å². The van der Waals surface area contributed by atoms with Gasteiger partial charge in [-0.05, 0) is 97.8 Å². The summed E-state index contributed by atoms with van der Waals surface area (Å²) in [5, 5.41) is 32.1. The van der Waals surface area contributed by atoms with E-state index in [1.165, 1.54) is 20.0 Å². The second-order valence-corrected chi connectivity index (χ2v) is 17.7. The number of nitriles is 1. The highest BCUT2D eigenvalue weighted by Crippen LogP contribution is 2.40. The Kier molecular flexibility index (Phi) is 17.5. The van der Waals surface area contributed by atoms with E-state index >= 15 is 0 Å². The Morgan fingerprint density at radius 1 is 0.928 bits per heavy atom. The summed E-state index contributed by atoms with van der Waals surface area (Å²) in [4.78, 5) is 88.3. The van der Waals surface area contributed by atoms with E-state index in [1.807, 2.05) is 32.9 Å². The monoisotopic (exact) mass is 947 g/mol. The second-order valence-electron chi connectivity index (χ2n) is 17.7. The van der Waals surface area contributed by atoms with E-state index in [-0.39, 0.29) is 91.4 Å². The van der Waals surface area contributed by atoms with Gasteiger partial charge >= 0.3 is 0 Å². The minimum atomic E-state index is -1.45. The molecule has 5 rings (SSSR count). The van der Waals surface area contributed by atoms with Crippen LogP contribution in [0.25, 0.3) is 22.4 Å². The van der Waals surface area contributed by atoms with Gasteiger partial charge in [0.25, 0.3) is 11.6 Å². The molecule has 0 spiro atoms. The third kappa shape index (κ3) is 12.6. The molecule has 1 aliphatic heterocycles. The van der Waals surface area contributed by atoms with Gasteiger partial charge in [-0.3, -0.25) is 39.1 Å². The summed E-state index contributed by atoms with van der Waals surface area (Å²) in [6.45, 7) is 10.7. The molecule has 3 aromatic carbocycles. The predicted octanol–water partition coefficient (Wildman–Crippen LogP) is 2.75. The molecule has 0 aliphatic carbocycles. The molecule has 4 atom stereocenters. The molecule has 366 valence electrons. The molecule has 0 fully saturated rings. The van der Waals surface area contributed by atoms with E-state index in [2.05, 4.69) is 26.3 Å². The quantitative estimate of drug-likeness (QED) is 0.0483. The summed E-state index contributed by atoms with van der Waals surface area (Å²) in [6, 6.07) is 13.2. The normalized spacial score (nSPS) is 16.4. The summed E-state index contributed by atoms with van der Waals surface area (Å²) < 4.78 is 12.2. The number of carbonyl (C=O) groups is 5. The Morgan fingerprint density at radius 2 is 1.58 bits per heavy atom. The molecule has 0 saturated carbocycles. The van der Waals surface area contributed by atoms with Crippen molar-refractivity contribution in [2.75, 3.05) is 46.4 Å². The first-order chi connectivity index (χ1) is 32.7. The minimum Gasteiger partial charge on any atom is -0.492 e. The number of ether oxygens (including phenoxy) is 2. The topological polar surface area (TPSA) is 313 Å². The molecular weight excluding hydrogens is 887 g/mol. The van der Waals surface area contributed by atoms with Crippen LogP contribution in [0.3, 0.4) is 0 Å². The molecule has 1 aromatic heterocycles. The highest BCUT2D eigenvalue weighted by molar-refractivity contribution is 6.01. The predicted molar refractivity (Wildman–Crippen MR) is 258 cm³/mol. The van der Waals surface area contributed by atoms with Crippen LogP contribution >= 0.6 is 0 Å². The fourth-order valence-corrected chi connectivity index (χ4v) is 8.04. The van der Waals surface area contributed by atoms with Crippen molar-refractivity contribution in [2.45, 2.75) is 84.0 Å². The fourth-order valence-electron chi connectivity index (χ4n) is 8.04. The Morgan fingerprint density at radius 3 is 2.17 bits per heavy atom. The zero-order valence-electron chi connectivity index (χ0n) is 39.9. The first-order valence-electron chi connectivity index (χ1n) is 22.5. The van der Waals surface area contributed by atoms with Crippen molar-refractivity contribution in [3.8, 4) is 40.0 Å². The van der Waals surface area contributed by atoms with Crippen LogP contribution in [-0.4, -0.2) is 109 Å². The van der Waals surface area contributed by atoms with E-state index in [4.69, 9.17) is 26.7 Å². The van der Waals surface area contributed by atoms with E-state index in [0.717, 1.165) is 10.5 Å². The number of nitrogens with zero attached hydrogens (tertiary/aromatic N) is 4. The van der Waals surface area contributed by atoms with E-state index < -0.39 is 58.6 Å². The van der Waals surface area contributed by atoms with Crippen LogP contribution in [0.1, 0.15) is 78.5 Å². The Labute approximate surface area is 400 Å². The Balaban J connectivity index is 1.58. The van der Waals surface area contributed by atoms with Crippen LogP contribution in [-0.2, 0) is 31.0 Å². The van der Waals surface area contributed by atoms with Gasteiger partial charge in [0.2, 0.25) is 23.6 Å². The smallest absolute Gasteiger partial charge is 0.279 e. The number of fused-ring (bicyclic) bond motifs is 5. The number of likely N-dealkylation sites (N-methyl/N-ethyl adjacent to an activating group) is 1. The number of nitro groups is 1. The van der Waals surface area contributed by atoms with Crippen molar-refractivity contribution >= 4 is 35.2 Å². The highest BCUT2D eigenvalue weighted by Gasteiger charge is 2.37. The molecule has 4 aromatic rings. The molecule has 69 heavy (non-hydrogen) atoms. The standard InChI is InChI=1S/C49H61N11O9/c1-27-22-37(33-11-10-32(49(4,5)6)26-39(33)60(66)67)55-28(2)42(27)46(63)57-36(14-15-50)48(65)59(7)43-31-9-13-41(69-21-18-53)35(25-31)34-23-30(8-12-40(34)68-20-17-52)24-38(45(62)54-19-16-51)58-44(61)29(3)56-47(43)64/h8-13,22-23,25-26,29,36,38,43H,14-15,17-21,24,50,52-53H2,1-7H3,(H,54,62)(H,56,64)(H,57,63)(H,58,61)/t29-,36-,38-,43-/m0/s1. The van der Waals surface area contributed by atoms with Crippen LogP contribution in [0, 0.1) is 35.3 Å². The van der Waals surface area contributed by atoms with Crippen LogP contribution in [0.15, 0.2) is 60.7 Å². The number of amides is 5. The molecule has 2 heterocycles. The lowest BCUT2D eigenvalue weighted by Gasteiger charge is -2.32. The van der Waals surface area contributed by atoms with Crippen LogP contribution in [0.2, 0.25) is 0 Å². The van der Waals surface area contributed by atoms with Crippen molar-refractivity contribution in [3.63, 3.8) is 0 Å². The molecular formula is C49H61N11O9. The summed E-state index contributed by atoms with van der Waals surface area (Å²) in [5.74, 6) is -2.83. The highest BCUT2D eigenvalue weighted by atomic mass is 16.6. The van der Waals surface area contributed by atoms with Crippen molar-refractivity contribution in [1.29, 1.82) is 5.26 Å². The van der Waals surface area contributed by atoms with Gasteiger partial charge in [0.1, 0.15) is 55.4 Å². The number of aryl methyl sites for hydroxylation is 2. The third-order valence-corrected chi connectivity index (χ3v) is 11.6. The lowest BCUT2D eigenvalue weighted by Crippen LogP contribution is -2.56. The first-order valence-corrected chi connectivity index (χ1v) is 22.5. The molecule has 1 aliphatic rings. The van der Waals surface area contributed by atoms with Crippen molar-refractivity contribution < 1.29 is 38.4 Å². The van der Waals surface area contributed by atoms with Gasteiger partial charge in [-0.1, -0.05) is 39.0 Å². The van der Waals surface area contributed by atoms with Crippen LogP contribution < -0.4 is 47.9 Å². The number of carbonyl (C=O) groups excluding carboxylic acids is 5. The van der Waals surface area contributed by atoms with Crippen molar-refractivity contribution in [1.82, 2.24) is 31.2 Å². The number of aromatic nitrogens is 1. The lowest BCUT2D eigenvalue weighted by molar-refractivity contribution is -0.384. The Hall–Kier alpha value is -7.47. The summed E-state index contributed by atoms with van der Waals surface area (Å²) in [5.41, 5.74) is 21.1. The number of nitrogens with one attached hydrogen (secondary N) is 4. The van der Waals surface area contributed by atoms with E-state index in [0.29, 0.717) is 33.8 Å². The second kappa shape index (κ2) is 23.0. The van der Waals surface area contributed by atoms with Gasteiger partial charge in [0.15, 0.2) is 0 Å². The lowest BCUT2D eigenvalue weighted by atomic mass is 9.86. The average molecular weight is 948 g/mol. The molecule has 0 radical (unpaired) electrons. The zero-order chi connectivity index (χ0) is 50.7. The van der Waals surface area contributed by atoms with Gasteiger partial charge in [-0.2, -0.15) is 5.26 Å². The van der Waals surface area contributed by atoms with Gasteiger partial charge < -0.3 is 52.8 Å². The number of hydrogen-bond acceptors (Lipinski definition) is 14. The Bertz CT molecular complexity index is 2620. The molecule has 10 N–H and O–H groups in total. The molecule has 5 amide bonds. The number of nitro benzene ring substituents is 1. The number of rotatable bonds is 16. The number of nitrogens with two attached hydrogens (primary N) is 3. The van der Waals surface area contributed by atoms with Gasteiger partial charge in [-0.15, -0.1) is 0 Å². The van der Waals surface area contributed by atoms with Gasteiger partial charge in [0.05, 0.1) is 33.5 Å². The molecule has 20 heteroatoms. The molecule has 0 unspecified atom stereocenters. The minimum absolute atomic E-state index is 0.0200. The maximum Gasteiger partial charge on any atom is 0.279 e. The largest absolute Gasteiger partial charge is 0.492 e. The summed E-state index contributed by atoms with van der Waals surface area (Å²) >= 11 is 0.